The van der Waals surface area contributed by atoms with Gasteiger partial charge in [-0.3, -0.25) is 4.79 Å². The maximum absolute atomic E-state index is 12.5. The van der Waals surface area contributed by atoms with Crippen LogP contribution < -0.4 is 0 Å². The summed E-state index contributed by atoms with van der Waals surface area (Å²) in [6.45, 7) is 0.647. The van der Waals surface area contributed by atoms with E-state index in [4.69, 9.17) is 4.42 Å². The molecule has 0 fully saturated rings. The fourth-order valence-corrected chi connectivity index (χ4v) is 3.16. The van der Waals surface area contributed by atoms with Gasteiger partial charge in [-0.15, -0.1) is 0 Å². The van der Waals surface area contributed by atoms with Crippen molar-refractivity contribution in [3.05, 3.63) is 60.3 Å². The van der Waals surface area contributed by atoms with Crippen molar-refractivity contribution in [3.63, 3.8) is 0 Å². The first-order valence-corrected chi connectivity index (χ1v) is 9.32. The molecule has 8 heteroatoms. The van der Waals surface area contributed by atoms with Gasteiger partial charge in [0.25, 0.3) is 5.91 Å². The Hall–Kier alpha value is -2.61. The molecule has 0 spiro atoms. The highest BCUT2D eigenvalue weighted by molar-refractivity contribution is 7.98. The molecule has 0 aliphatic rings. The second-order valence-electron chi connectivity index (χ2n) is 5.87. The highest BCUT2D eigenvalue weighted by Crippen LogP contribution is 2.20. The Balaban J connectivity index is 1.48. The van der Waals surface area contributed by atoms with Crippen LogP contribution in [0.4, 0.5) is 0 Å². The summed E-state index contributed by atoms with van der Waals surface area (Å²) >= 11 is 1.47. The van der Waals surface area contributed by atoms with Gasteiger partial charge in [-0.25, -0.2) is 15.0 Å². The Morgan fingerprint density at radius 2 is 2.04 bits per heavy atom. The van der Waals surface area contributed by atoms with E-state index in [1.165, 1.54) is 11.8 Å². The molecule has 3 rings (SSSR count). The van der Waals surface area contributed by atoms with Crippen molar-refractivity contribution >= 4 is 17.7 Å². The Kier molecular flexibility index (Phi) is 6.06. The average Bonchev–Trinajstić information content (AvgIpc) is 3.29. The third-order valence-electron chi connectivity index (χ3n) is 3.92. The minimum Gasteiger partial charge on any atom is -0.455 e. The van der Waals surface area contributed by atoms with Crippen LogP contribution in [0.15, 0.2) is 52.6 Å². The molecule has 0 aromatic carbocycles. The lowest BCUT2D eigenvalue weighted by Gasteiger charge is -2.15. The molecule has 26 heavy (non-hydrogen) atoms. The molecule has 136 valence electrons. The molecular formula is C18H21N5O2S. The number of nitrogens with zero attached hydrogens (tertiary/aromatic N) is 5. The second kappa shape index (κ2) is 8.66. The van der Waals surface area contributed by atoms with Gasteiger partial charge in [-0.1, -0.05) is 11.8 Å². The predicted molar refractivity (Wildman–Crippen MR) is 98.8 cm³/mol. The normalized spacial score (nSPS) is 10.8. The first kappa shape index (κ1) is 18.2. The predicted octanol–water partition coefficient (Wildman–Crippen LogP) is 2.80. The highest BCUT2D eigenvalue weighted by Gasteiger charge is 2.16. The minimum atomic E-state index is -0.114. The molecule has 0 saturated carbocycles. The lowest BCUT2D eigenvalue weighted by molar-refractivity contribution is 0.0760. The standard InChI is InChI=1S/C18H21N5O2S/c1-22-12-10-19-16(22)5-3-11-23(2)17(24)15-7-6-14(25-15)13-26-18-20-8-4-9-21-18/h4,6-10,12H,3,5,11,13H2,1-2H3. The fraction of sp³-hybridized carbons (Fsp3) is 0.333. The van der Waals surface area contributed by atoms with Crippen molar-refractivity contribution in [2.75, 3.05) is 13.6 Å². The van der Waals surface area contributed by atoms with Gasteiger partial charge in [-0.2, -0.15) is 0 Å². The van der Waals surface area contributed by atoms with Gasteiger partial charge in [0.2, 0.25) is 0 Å². The molecule has 3 aromatic rings. The van der Waals surface area contributed by atoms with Gasteiger partial charge >= 0.3 is 0 Å². The summed E-state index contributed by atoms with van der Waals surface area (Å²) in [6, 6.07) is 5.32. The number of aromatic nitrogens is 4. The van der Waals surface area contributed by atoms with Crippen LogP contribution in [0.2, 0.25) is 0 Å². The Labute approximate surface area is 156 Å². The lowest BCUT2D eigenvalue weighted by Crippen LogP contribution is -2.27. The van der Waals surface area contributed by atoms with Gasteiger partial charge < -0.3 is 13.9 Å². The SMILES string of the molecule is CN(CCCc1nccn1C)C(=O)c1ccc(CSc2ncccn2)o1. The van der Waals surface area contributed by atoms with E-state index in [0.717, 1.165) is 24.4 Å². The van der Waals surface area contributed by atoms with E-state index >= 15 is 0 Å². The quantitative estimate of drug-likeness (QED) is 0.448. The van der Waals surface area contributed by atoms with Crippen molar-refractivity contribution in [2.45, 2.75) is 23.8 Å². The van der Waals surface area contributed by atoms with E-state index in [1.807, 2.05) is 23.9 Å². The summed E-state index contributed by atoms with van der Waals surface area (Å²) in [7, 11) is 3.76. The van der Waals surface area contributed by atoms with Crippen LogP contribution in [-0.4, -0.2) is 43.9 Å². The number of carbonyl (C=O) groups is 1. The highest BCUT2D eigenvalue weighted by atomic mass is 32.2. The number of aryl methyl sites for hydroxylation is 2. The van der Waals surface area contributed by atoms with Crippen LogP contribution in [-0.2, 0) is 19.2 Å². The monoisotopic (exact) mass is 371 g/mol. The third-order valence-corrected chi connectivity index (χ3v) is 4.82. The van der Waals surface area contributed by atoms with Crippen LogP contribution in [0, 0.1) is 0 Å². The second-order valence-corrected chi connectivity index (χ2v) is 6.81. The van der Waals surface area contributed by atoms with E-state index in [0.29, 0.717) is 23.2 Å². The van der Waals surface area contributed by atoms with Gasteiger partial charge in [0.1, 0.15) is 11.6 Å². The topological polar surface area (TPSA) is 77.1 Å². The minimum absolute atomic E-state index is 0.114. The summed E-state index contributed by atoms with van der Waals surface area (Å²) in [5, 5.41) is 0.683. The zero-order chi connectivity index (χ0) is 18.4. The molecule has 7 nitrogen and oxygen atoms in total. The van der Waals surface area contributed by atoms with Crippen LogP contribution in [0.1, 0.15) is 28.6 Å². The first-order chi connectivity index (χ1) is 12.6. The number of rotatable bonds is 8. The van der Waals surface area contributed by atoms with E-state index < -0.39 is 0 Å². The molecule has 0 atom stereocenters. The van der Waals surface area contributed by atoms with E-state index in [-0.39, 0.29) is 5.91 Å². The maximum Gasteiger partial charge on any atom is 0.289 e. The number of thioether (sulfide) groups is 1. The van der Waals surface area contributed by atoms with E-state index in [2.05, 4.69) is 15.0 Å². The van der Waals surface area contributed by atoms with Crippen molar-refractivity contribution in [1.82, 2.24) is 24.4 Å². The summed E-state index contributed by atoms with van der Waals surface area (Å²) in [4.78, 5) is 26.8. The van der Waals surface area contributed by atoms with Crippen molar-refractivity contribution in [3.8, 4) is 0 Å². The van der Waals surface area contributed by atoms with Crippen LogP contribution in [0.3, 0.4) is 0 Å². The number of hydrogen-bond donors (Lipinski definition) is 0. The Morgan fingerprint density at radius 1 is 1.23 bits per heavy atom. The Bertz CT molecular complexity index is 846. The number of furan rings is 1. The van der Waals surface area contributed by atoms with Gasteiger partial charge in [-0.05, 0) is 24.6 Å². The molecule has 0 unspecified atom stereocenters. The molecule has 0 radical (unpaired) electrons. The van der Waals surface area contributed by atoms with Gasteiger partial charge in [0.05, 0.1) is 5.75 Å². The lowest BCUT2D eigenvalue weighted by atomic mass is 10.2. The zero-order valence-electron chi connectivity index (χ0n) is 14.8. The molecule has 0 aliphatic heterocycles. The van der Waals surface area contributed by atoms with E-state index in [9.17, 15) is 4.79 Å². The van der Waals surface area contributed by atoms with Gasteiger partial charge in [0.15, 0.2) is 10.9 Å². The molecule has 0 bridgehead atoms. The molecule has 0 N–H and O–H groups in total. The van der Waals surface area contributed by atoms with Crippen molar-refractivity contribution < 1.29 is 9.21 Å². The third kappa shape index (κ3) is 4.72. The number of imidazole rings is 1. The fourth-order valence-electron chi connectivity index (χ4n) is 2.47. The zero-order valence-corrected chi connectivity index (χ0v) is 15.6. The molecule has 1 amide bonds. The van der Waals surface area contributed by atoms with Crippen LogP contribution in [0.25, 0.3) is 0 Å². The molecule has 3 heterocycles. The Morgan fingerprint density at radius 3 is 2.77 bits per heavy atom. The summed E-state index contributed by atoms with van der Waals surface area (Å²) in [5.74, 6) is 2.57. The van der Waals surface area contributed by atoms with Crippen LogP contribution >= 0.6 is 11.8 Å². The van der Waals surface area contributed by atoms with E-state index in [1.54, 1.807) is 42.7 Å². The van der Waals surface area contributed by atoms with Crippen molar-refractivity contribution in [1.29, 1.82) is 0 Å². The molecule has 0 aliphatic carbocycles. The average molecular weight is 371 g/mol. The molecule has 0 saturated heterocycles. The molecular weight excluding hydrogens is 350 g/mol. The van der Waals surface area contributed by atoms with Crippen molar-refractivity contribution in [2.24, 2.45) is 7.05 Å². The number of carbonyl (C=O) groups excluding carboxylic acids is 1. The molecule has 3 aromatic heterocycles. The maximum atomic E-state index is 12.5. The smallest absolute Gasteiger partial charge is 0.289 e. The first-order valence-electron chi connectivity index (χ1n) is 8.33. The van der Waals surface area contributed by atoms with Crippen LogP contribution in [0.5, 0.6) is 0 Å². The summed E-state index contributed by atoms with van der Waals surface area (Å²) in [6.07, 6.45) is 8.79. The van der Waals surface area contributed by atoms with Gasteiger partial charge in [0, 0.05) is 51.8 Å². The summed E-state index contributed by atoms with van der Waals surface area (Å²) in [5.41, 5.74) is 0. The number of hydrogen-bond acceptors (Lipinski definition) is 6. The summed E-state index contributed by atoms with van der Waals surface area (Å²) < 4.78 is 7.67. The largest absolute Gasteiger partial charge is 0.455 e. The number of amides is 1.